The number of aliphatic hydroxyl groups excluding tert-OH is 1. The number of sulfonamides is 2. The highest BCUT2D eigenvalue weighted by Crippen LogP contribution is 2.35. The van der Waals surface area contributed by atoms with E-state index < -0.39 is 38.1 Å². The molecule has 0 aromatic heterocycles. The molecule has 0 amide bonds. The molecule has 0 radical (unpaired) electrons. The molecule has 2 aromatic rings. The largest absolute Gasteiger partial charge is 0.495 e. The third kappa shape index (κ3) is 6.89. The van der Waals surface area contributed by atoms with Crippen molar-refractivity contribution in [2.24, 2.45) is 11.8 Å². The molecule has 1 fully saturated rings. The van der Waals surface area contributed by atoms with E-state index in [0.717, 1.165) is 6.42 Å². The van der Waals surface area contributed by atoms with Crippen LogP contribution in [0.25, 0.3) is 0 Å². The highest BCUT2D eigenvalue weighted by molar-refractivity contribution is 7.89. The summed E-state index contributed by atoms with van der Waals surface area (Å²) in [5.74, 6) is 6.92. The number of methoxy groups -OCH3 is 1. The molecular weight excluding hydrogens is 564 g/mol. The minimum Gasteiger partial charge on any atom is -0.495 e. The number of aliphatic hydroxyl groups is 1. The molecule has 0 bridgehead atoms. The average Bonchev–Trinajstić information content (AvgIpc) is 3.48. The van der Waals surface area contributed by atoms with Gasteiger partial charge in [0.05, 0.1) is 20.3 Å². The summed E-state index contributed by atoms with van der Waals surface area (Å²) in [7, 11) is -5.09. The second kappa shape index (κ2) is 13.1. The highest BCUT2D eigenvalue weighted by Gasteiger charge is 2.39. The fraction of sp³-hybridized carbons (Fsp3) is 0.533. The smallest absolute Gasteiger partial charge is 0.247 e. The van der Waals surface area contributed by atoms with Crippen LogP contribution in [0, 0.1) is 23.7 Å². The second-order valence-electron chi connectivity index (χ2n) is 11.0. The number of nitrogens with zero attached hydrogens (tertiary/aromatic N) is 2. The van der Waals surface area contributed by atoms with Crippen LogP contribution < -0.4 is 9.47 Å². The van der Waals surface area contributed by atoms with Gasteiger partial charge in [0.1, 0.15) is 27.4 Å². The van der Waals surface area contributed by atoms with E-state index in [1.165, 1.54) is 60.6 Å². The van der Waals surface area contributed by atoms with E-state index in [9.17, 15) is 21.9 Å². The van der Waals surface area contributed by atoms with Gasteiger partial charge in [-0.05, 0) is 56.0 Å². The monoisotopic (exact) mass is 604 g/mol. The van der Waals surface area contributed by atoms with E-state index in [-0.39, 0.29) is 41.0 Å². The summed E-state index contributed by atoms with van der Waals surface area (Å²) in [6.07, 6.45) is 4.94. The van der Waals surface area contributed by atoms with E-state index in [2.05, 4.69) is 11.8 Å². The Morgan fingerprint density at radius 2 is 1.90 bits per heavy atom. The molecule has 0 unspecified atom stereocenters. The van der Waals surface area contributed by atoms with Crippen LogP contribution in [0.1, 0.15) is 51.5 Å². The predicted octanol–water partition coefficient (Wildman–Crippen LogP) is 3.72. The molecule has 3 atom stereocenters. The first-order valence-corrected chi connectivity index (χ1v) is 16.9. The van der Waals surface area contributed by atoms with Crippen molar-refractivity contribution in [3.05, 3.63) is 48.0 Å². The van der Waals surface area contributed by atoms with Crippen LogP contribution in [-0.4, -0.2) is 76.6 Å². The SMILES string of the molecule is COc1ccccc1S(=O)(=O)N(C)C[C@H]1Oc2cc(C#CCC3CCCC3)ccc2S(=O)(=O)N([C@@H](C)CO)C[C@@H]1C. The first-order valence-electron chi connectivity index (χ1n) is 14.0. The predicted molar refractivity (Wildman–Crippen MR) is 157 cm³/mol. The van der Waals surface area contributed by atoms with Crippen LogP contribution in [0.2, 0.25) is 0 Å². The standard InChI is InChI=1S/C30H40N2O7S2/c1-22-19-32(23(2)21-33)41(36,37)30-17-16-25(13-9-12-24-10-5-6-11-24)18-27(30)39-28(22)20-31(3)40(34,35)29-15-8-7-14-26(29)38-4/h7-8,14-18,22-24,28,33H,5-6,10-12,19-21H2,1-4H3/t22-,23-,28+/m0/s1. The van der Waals surface area contributed by atoms with Crippen LogP contribution in [0.5, 0.6) is 11.5 Å². The van der Waals surface area contributed by atoms with Crippen molar-refractivity contribution >= 4 is 20.0 Å². The van der Waals surface area contributed by atoms with Gasteiger partial charge in [-0.3, -0.25) is 0 Å². The number of hydrogen-bond acceptors (Lipinski definition) is 7. The Bertz CT molecular complexity index is 1490. The van der Waals surface area contributed by atoms with E-state index in [1.807, 2.05) is 6.92 Å². The summed E-state index contributed by atoms with van der Waals surface area (Å²) in [5, 5.41) is 9.89. The number of benzene rings is 2. The van der Waals surface area contributed by atoms with E-state index in [1.54, 1.807) is 37.3 Å². The third-order valence-corrected chi connectivity index (χ3v) is 11.8. The van der Waals surface area contributed by atoms with Crippen molar-refractivity contribution in [1.29, 1.82) is 0 Å². The molecule has 224 valence electrons. The number of hydrogen-bond donors (Lipinski definition) is 1. The van der Waals surface area contributed by atoms with Crippen molar-refractivity contribution in [3.8, 4) is 23.3 Å². The fourth-order valence-corrected chi connectivity index (χ4v) is 8.55. The molecule has 1 aliphatic heterocycles. The average molecular weight is 605 g/mol. The fourth-order valence-electron chi connectivity index (χ4n) is 5.38. The van der Waals surface area contributed by atoms with Crippen LogP contribution in [-0.2, 0) is 20.0 Å². The van der Waals surface area contributed by atoms with Crippen LogP contribution in [0.3, 0.4) is 0 Å². The first kappa shape index (κ1) is 31.3. The molecule has 4 rings (SSSR count). The molecule has 1 saturated carbocycles. The Hall–Kier alpha value is -2.62. The molecular formula is C30H40N2O7S2. The van der Waals surface area contributed by atoms with Crippen LogP contribution >= 0.6 is 0 Å². The highest BCUT2D eigenvalue weighted by atomic mass is 32.2. The van der Waals surface area contributed by atoms with Gasteiger partial charge < -0.3 is 14.6 Å². The first-order chi connectivity index (χ1) is 19.5. The lowest BCUT2D eigenvalue weighted by atomic mass is 10.0. The van der Waals surface area contributed by atoms with Gasteiger partial charge in [0, 0.05) is 37.5 Å². The van der Waals surface area contributed by atoms with Gasteiger partial charge in [-0.2, -0.15) is 8.61 Å². The summed E-state index contributed by atoms with van der Waals surface area (Å²) in [5.41, 5.74) is 0.626. The second-order valence-corrected chi connectivity index (χ2v) is 14.9. The number of fused-ring (bicyclic) bond motifs is 1. The van der Waals surface area contributed by atoms with Crippen molar-refractivity contribution in [2.75, 3.05) is 33.9 Å². The van der Waals surface area contributed by atoms with Gasteiger partial charge >= 0.3 is 0 Å². The molecule has 0 spiro atoms. The maximum atomic E-state index is 13.7. The number of rotatable bonds is 8. The quantitative estimate of drug-likeness (QED) is 0.457. The number of likely N-dealkylation sites (N-methyl/N-ethyl adjacent to an activating group) is 1. The maximum absolute atomic E-state index is 13.7. The molecule has 1 heterocycles. The van der Waals surface area contributed by atoms with Crippen molar-refractivity contribution in [3.63, 3.8) is 0 Å². The van der Waals surface area contributed by atoms with Crippen molar-refractivity contribution in [1.82, 2.24) is 8.61 Å². The minimum atomic E-state index is -4.02. The molecule has 41 heavy (non-hydrogen) atoms. The molecule has 2 aromatic carbocycles. The summed E-state index contributed by atoms with van der Waals surface area (Å²) >= 11 is 0. The Morgan fingerprint density at radius 3 is 2.59 bits per heavy atom. The number of ether oxygens (including phenoxy) is 2. The summed E-state index contributed by atoms with van der Waals surface area (Å²) in [6, 6.07) is 10.5. The molecule has 11 heteroatoms. The molecule has 2 aliphatic rings. The summed E-state index contributed by atoms with van der Waals surface area (Å²) < 4.78 is 68.6. The Kier molecular flexibility index (Phi) is 10.0. The molecule has 0 saturated heterocycles. The van der Waals surface area contributed by atoms with Gasteiger partial charge in [0.2, 0.25) is 20.0 Å². The molecule has 9 nitrogen and oxygen atoms in total. The zero-order valence-electron chi connectivity index (χ0n) is 24.1. The Balaban J connectivity index is 1.70. The normalized spacial score (nSPS) is 22.1. The van der Waals surface area contributed by atoms with E-state index >= 15 is 0 Å². The Labute approximate surface area is 244 Å². The van der Waals surface area contributed by atoms with Gasteiger partial charge in [0.25, 0.3) is 0 Å². The van der Waals surface area contributed by atoms with Gasteiger partial charge in [-0.25, -0.2) is 16.8 Å². The van der Waals surface area contributed by atoms with Crippen LogP contribution in [0.15, 0.2) is 52.3 Å². The summed E-state index contributed by atoms with van der Waals surface area (Å²) in [6.45, 7) is 3.10. The van der Waals surface area contributed by atoms with Crippen molar-refractivity contribution < 1.29 is 31.4 Å². The zero-order valence-corrected chi connectivity index (χ0v) is 25.7. The van der Waals surface area contributed by atoms with E-state index in [4.69, 9.17) is 9.47 Å². The van der Waals surface area contributed by atoms with Gasteiger partial charge in [0.15, 0.2) is 0 Å². The van der Waals surface area contributed by atoms with Gasteiger partial charge in [-0.1, -0.05) is 43.7 Å². The number of para-hydroxylation sites is 1. The molecule has 1 N–H and O–H groups in total. The lowest BCUT2D eigenvalue weighted by molar-refractivity contribution is 0.0904. The van der Waals surface area contributed by atoms with E-state index in [0.29, 0.717) is 11.5 Å². The van der Waals surface area contributed by atoms with Crippen LogP contribution in [0.4, 0.5) is 0 Å². The Morgan fingerprint density at radius 1 is 1.20 bits per heavy atom. The maximum Gasteiger partial charge on any atom is 0.247 e. The third-order valence-electron chi connectivity index (χ3n) is 7.96. The lowest BCUT2D eigenvalue weighted by Crippen LogP contribution is -2.50. The topological polar surface area (TPSA) is 113 Å². The lowest BCUT2D eigenvalue weighted by Gasteiger charge is -2.37. The minimum absolute atomic E-state index is 0.0295. The van der Waals surface area contributed by atoms with Crippen molar-refractivity contribution in [2.45, 2.75) is 67.9 Å². The van der Waals surface area contributed by atoms with Gasteiger partial charge in [-0.15, -0.1) is 0 Å². The zero-order chi connectivity index (χ0) is 29.8. The summed E-state index contributed by atoms with van der Waals surface area (Å²) in [4.78, 5) is -0.00638. The molecule has 1 aliphatic carbocycles.